The molecule has 0 radical (unpaired) electrons. The van der Waals surface area contributed by atoms with Crippen molar-refractivity contribution in [3.8, 4) is 5.69 Å². The second kappa shape index (κ2) is 9.56. The van der Waals surface area contributed by atoms with Crippen molar-refractivity contribution in [3.63, 3.8) is 0 Å². The maximum Gasteiger partial charge on any atom is 0.337 e. The van der Waals surface area contributed by atoms with E-state index in [0.29, 0.717) is 10.5 Å². The molecule has 0 atom stereocenters. The standard InChI is InChI=1S/C25H21IN2O4S/c1-15-12-19(16(2)28(15)21-10-6-18(7-11-21)24(30)32-3)13-22-23(29)27(25(31)33-22)14-17-4-8-20(26)9-5-17/h4-13H,14H2,1-3H3/b22-13-. The van der Waals surface area contributed by atoms with Gasteiger partial charge in [-0.2, -0.15) is 0 Å². The van der Waals surface area contributed by atoms with Gasteiger partial charge in [0, 0.05) is 20.6 Å². The van der Waals surface area contributed by atoms with E-state index >= 15 is 0 Å². The Bertz CT molecular complexity index is 1280. The first-order valence-electron chi connectivity index (χ1n) is 10.2. The van der Waals surface area contributed by atoms with Crippen LogP contribution in [0.15, 0.2) is 59.5 Å². The molecule has 0 spiro atoms. The summed E-state index contributed by atoms with van der Waals surface area (Å²) in [6.45, 7) is 4.19. The van der Waals surface area contributed by atoms with Crippen LogP contribution >= 0.6 is 34.4 Å². The highest BCUT2D eigenvalue weighted by Crippen LogP contribution is 2.34. The van der Waals surface area contributed by atoms with Gasteiger partial charge in [-0.25, -0.2) is 4.79 Å². The van der Waals surface area contributed by atoms with Gasteiger partial charge in [-0.3, -0.25) is 14.5 Å². The molecule has 0 saturated carbocycles. The highest BCUT2D eigenvalue weighted by molar-refractivity contribution is 14.1. The minimum Gasteiger partial charge on any atom is -0.465 e. The number of aromatic nitrogens is 1. The van der Waals surface area contributed by atoms with E-state index in [1.807, 2.05) is 60.9 Å². The fourth-order valence-electron chi connectivity index (χ4n) is 3.75. The van der Waals surface area contributed by atoms with Gasteiger partial charge >= 0.3 is 5.97 Å². The minimum absolute atomic E-state index is 0.254. The molecule has 0 unspecified atom stereocenters. The van der Waals surface area contributed by atoms with E-state index in [2.05, 4.69) is 22.6 Å². The summed E-state index contributed by atoms with van der Waals surface area (Å²) in [5, 5.41) is -0.267. The number of carbonyl (C=O) groups is 3. The third-order valence-corrected chi connectivity index (χ3v) is 7.06. The molecule has 2 aromatic carbocycles. The molecule has 8 heteroatoms. The number of hydrogen-bond acceptors (Lipinski definition) is 5. The van der Waals surface area contributed by atoms with E-state index in [0.717, 1.165) is 43.5 Å². The van der Waals surface area contributed by atoms with Crippen LogP contribution in [0.5, 0.6) is 0 Å². The number of carbonyl (C=O) groups excluding carboxylic acids is 3. The van der Waals surface area contributed by atoms with E-state index in [4.69, 9.17) is 4.74 Å². The number of amides is 2. The topological polar surface area (TPSA) is 68.6 Å². The third kappa shape index (κ3) is 4.77. The molecule has 1 fully saturated rings. The maximum atomic E-state index is 13.0. The Morgan fingerprint density at radius 2 is 1.73 bits per heavy atom. The first-order valence-corrected chi connectivity index (χ1v) is 12.1. The van der Waals surface area contributed by atoms with Crippen LogP contribution in [0.3, 0.4) is 0 Å². The number of benzene rings is 2. The number of thioether (sulfide) groups is 1. The number of rotatable bonds is 5. The summed E-state index contributed by atoms with van der Waals surface area (Å²) in [6.07, 6.45) is 1.78. The highest BCUT2D eigenvalue weighted by Gasteiger charge is 2.35. The van der Waals surface area contributed by atoms with Crippen LogP contribution in [0, 0.1) is 17.4 Å². The Kier molecular flexibility index (Phi) is 6.76. The van der Waals surface area contributed by atoms with Crippen LogP contribution in [-0.4, -0.2) is 33.7 Å². The molecule has 1 aromatic heterocycles. The van der Waals surface area contributed by atoms with E-state index in [1.54, 1.807) is 18.2 Å². The lowest BCUT2D eigenvalue weighted by Gasteiger charge is -2.12. The van der Waals surface area contributed by atoms with Gasteiger partial charge in [0.1, 0.15) is 0 Å². The zero-order valence-electron chi connectivity index (χ0n) is 18.3. The Labute approximate surface area is 209 Å². The van der Waals surface area contributed by atoms with Crippen LogP contribution in [0.25, 0.3) is 11.8 Å². The van der Waals surface area contributed by atoms with Crippen molar-refractivity contribution in [2.45, 2.75) is 20.4 Å². The predicted octanol–water partition coefficient (Wildman–Crippen LogP) is 5.72. The molecule has 6 nitrogen and oxygen atoms in total. The molecule has 1 aliphatic rings. The number of halogens is 1. The number of aryl methyl sites for hydroxylation is 1. The van der Waals surface area contributed by atoms with Gasteiger partial charge in [-0.1, -0.05) is 12.1 Å². The summed E-state index contributed by atoms with van der Waals surface area (Å²) < 4.78 is 7.90. The number of esters is 1. The zero-order valence-corrected chi connectivity index (χ0v) is 21.3. The Morgan fingerprint density at radius 1 is 1.06 bits per heavy atom. The summed E-state index contributed by atoms with van der Waals surface area (Å²) in [5.41, 5.74) is 5.05. The van der Waals surface area contributed by atoms with Gasteiger partial charge in [0.15, 0.2) is 0 Å². The molecule has 33 heavy (non-hydrogen) atoms. The summed E-state index contributed by atoms with van der Waals surface area (Å²) in [6, 6.07) is 16.9. The van der Waals surface area contributed by atoms with E-state index in [-0.39, 0.29) is 23.7 Å². The quantitative estimate of drug-likeness (QED) is 0.222. The summed E-state index contributed by atoms with van der Waals surface area (Å²) >= 11 is 3.18. The molecule has 2 amide bonds. The lowest BCUT2D eigenvalue weighted by atomic mass is 10.2. The molecule has 3 aromatic rings. The molecule has 0 N–H and O–H groups in total. The second-order valence-corrected chi connectivity index (χ2v) is 9.83. The Hall–Kier alpha value is -2.85. The second-order valence-electron chi connectivity index (χ2n) is 7.59. The molecule has 0 aliphatic carbocycles. The average Bonchev–Trinajstić information content (AvgIpc) is 3.23. The number of methoxy groups -OCH3 is 1. The van der Waals surface area contributed by atoms with Gasteiger partial charge in [0.05, 0.1) is 24.1 Å². The molecule has 1 aliphatic heterocycles. The zero-order chi connectivity index (χ0) is 23.7. The number of imide groups is 1. The summed E-state index contributed by atoms with van der Waals surface area (Å²) in [4.78, 5) is 38.9. The fraction of sp³-hybridized carbons (Fsp3) is 0.160. The van der Waals surface area contributed by atoms with Crippen LogP contribution in [-0.2, 0) is 16.1 Å². The van der Waals surface area contributed by atoms with Gasteiger partial charge in [0.25, 0.3) is 11.1 Å². The van der Waals surface area contributed by atoms with Crippen molar-refractivity contribution in [2.24, 2.45) is 0 Å². The molecular weight excluding hydrogens is 551 g/mol. The summed E-state index contributed by atoms with van der Waals surface area (Å²) in [7, 11) is 1.35. The van der Waals surface area contributed by atoms with E-state index in [9.17, 15) is 14.4 Å². The number of ether oxygens (including phenoxy) is 1. The van der Waals surface area contributed by atoms with E-state index in [1.165, 1.54) is 12.0 Å². The SMILES string of the molecule is COC(=O)c1ccc(-n2c(C)cc(/C=C3\SC(=O)N(Cc4ccc(I)cc4)C3=O)c2C)cc1. The van der Waals surface area contributed by atoms with Crippen LogP contribution in [0.4, 0.5) is 4.79 Å². The smallest absolute Gasteiger partial charge is 0.337 e. The minimum atomic E-state index is -0.385. The summed E-state index contributed by atoms with van der Waals surface area (Å²) in [5.74, 6) is -0.667. The Balaban J connectivity index is 1.59. The molecular formula is C25H21IN2O4S. The van der Waals surface area contributed by atoms with Crippen LogP contribution in [0.1, 0.15) is 32.9 Å². The highest BCUT2D eigenvalue weighted by atomic mass is 127. The first kappa shape index (κ1) is 23.3. The van der Waals surface area contributed by atoms with Crippen molar-refractivity contribution in [1.29, 1.82) is 0 Å². The monoisotopic (exact) mass is 572 g/mol. The van der Waals surface area contributed by atoms with E-state index < -0.39 is 0 Å². The van der Waals surface area contributed by atoms with Crippen molar-refractivity contribution in [2.75, 3.05) is 7.11 Å². The third-order valence-electron chi connectivity index (χ3n) is 5.43. The molecule has 1 saturated heterocycles. The lowest BCUT2D eigenvalue weighted by Crippen LogP contribution is -2.27. The van der Waals surface area contributed by atoms with Crippen molar-refractivity contribution in [1.82, 2.24) is 9.47 Å². The van der Waals surface area contributed by atoms with Crippen LogP contribution < -0.4 is 0 Å². The van der Waals surface area contributed by atoms with Crippen molar-refractivity contribution in [3.05, 3.63) is 91.2 Å². The number of hydrogen-bond donors (Lipinski definition) is 0. The number of nitrogens with zero attached hydrogens (tertiary/aromatic N) is 2. The molecule has 4 rings (SSSR count). The lowest BCUT2D eigenvalue weighted by molar-refractivity contribution is -0.123. The Morgan fingerprint density at radius 3 is 2.36 bits per heavy atom. The van der Waals surface area contributed by atoms with Gasteiger partial charge in [-0.05, 0) is 108 Å². The van der Waals surface area contributed by atoms with Crippen molar-refractivity contribution >= 4 is 57.5 Å². The van der Waals surface area contributed by atoms with Crippen molar-refractivity contribution < 1.29 is 19.1 Å². The maximum absolute atomic E-state index is 13.0. The van der Waals surface area contributed by atoms with Gasteiger partial charge in [-0.15, -0.1) is 0 Å². The molecule has 168 valence electrons. The fourth-order valence-corrected chi connectivity index (χ4v) is 4.93. The molecule has 0 bridgehead atoms. The molecule has 2 heterocycles. The average molecular weight is 572 g/mol. The van der Waals surface area contributed by atoms with Gasteiger partial charge in [0.2, 0.25) is 0 Å². The van der Waals surface area contributed by atoms with Gasteiger partial charge < -0.3 is 9.30 Å². The largest absolute Gasteiger partial charge is 0.465 e. The van der Waals surface area contributed by atoms with Crippen LogP contribution in [0.2, 0.25) is 0 Å². The normalized spacial score (nSPS) is 14.9. The predicted molar refractivity (Wildman–Crippen MR) is 137 cm³/mol. The first-order chi connectivity index (χ1) is 15.8.